The lowest BCUT2D eigenvalue weighted by Crippen LogP contribution is -2.08. The number of benzene rings is 2. The van der Waals surface area contributed by atoms with E-state index in [0.717, 1.165) is 41.7 Å². The van der Waals surface area contributed by atoms with Gasteiger partial charge in [0.05, 0.1) is 29.3 Å². The van der Waals surface area contributed by atoms with Gasteiger partial charge in [0.1, 0.15) is 11.3 Å². The summed E-state index contributed by atoms with van der Waals surface area (Å²) in [5.74, 6) is 0.521. The third kappa shape index (κ3) is 4.35. The topological polar surface area (TPSA) is 83.0 Å². The number of alkyl halides is 3. The Balaban J connectivity index is 1.88. The van der Waals surface area contributed by atoms with Crippen LogP contribution in [0.1, 0.15) is 47.1 Å². The Hall–Kier alpha value is -3.62. The maximum absolute atomic E-state index is 13.0. The zero-order valence-corrected chi connectivity index (χ0v) is 18.2. The number of unbranched alkanes of at least 4 members (excludes halogenated alkanes) is 1. The molecule has 0 aliphatic rings. The van der Waals surface area contributed by atoms with Gasteiger partial charge in [-0.05, 0) is 42.3 Å². The average molecular weight is 456 g/mol. The molecule has 4 rings (SSSR count). The number of nitrogens with two attached hydrogens (primary N) is 1. The van der Waals surface area contributed by atoms with Crippen LogP contribution in [0.4, 0.5) is 19.0 Å². The second-order valence-corrected chi connectivity index (χ2v) is 7.83. The number of ether oxygens (including phenoxy) is 1. The number of aromatic nitrogens is 3. The molecule has 0 saturated heterocycles. The number of hydrogen-bond acceptors (Lipinski definition) is 5. The second kappa shape index (κ2) is 8.73. The van der Waals surface area contributed by atoms with E-state index in [1.165, 1.54) is 19.2 Å². The molecule has 2 N–H and O–H groups in total. The molecule has 9 heteroatoms. The van der Waals surface area contributed by atoms with Crippen LogP contribution < -0.4 is 5.73 Å². The molecule has 4 aromatic rings. The summed E-state index contributed by atoms with van der Waals surface area (Å²) >= 11 is 0. The number of imidazole rings is 1. The molecule has 6 nitrogen and oxygen atoms in total. The number of rotatable bonds is 6. The molecule has 2 aromatic heterocycles. The van der Waals surface area contributed by atoms with Gasteiger partial charge in [-0.15, -0.1) is 0 Å². The first-order valence-electron chi connectivity index (χ1n) is 10.6. The van der Waals surface area contributed by atoms with Crippen LogP contribution in [0, 0.1) is 0 Å². The number of aryl methyl sites for hydroxylation is 1. The van der Waals surface area contributed by atoms with Crippen molar-refractivity contribution in [2.45, 2.75) is 38.9 Å². The van der Waals surface area contributed by atoms with Gasteiger partial charge in [0, 0.05) is 18.4 Å². The summed E-state index contributed by atoms with van der Waals surface area (Å²) in [6.07, 6.45) is -1.85. The van der Waals surface area contributed by atoms with Crippen LogP contribution in [0.15, 0.2) is 42.5 Å². The van der Waals surface area contributed by atoms with Crippen molar-refractivity contribution in [3.63, 3.8) is 0 Å². The average Bonchev–Trinajstić information content (AvgIpc) is 3.15. The molecule has 0 aliphatic carbocycles. The van der Waals surface area contributed by atoms with Gasteiger partial charge in [0.25, 0.3) is 0 Å². The fourth-order valence-electron chi connectivity index (χ4n) is 3.88. The molecule has 0 aliphatic heterocycles. The molecule has 2 heterocycles. The maximum atomic E-state index is 13.0. The molecule has 0 fully saturated rings. The quantitative estimate of drug-likeness (QED) is 0.395. The van der Waals surface area contributed by atoms with Gasteiger partial charge in [-0.2, -0.15) is 13.2 Å². The van der Waals surface area contributed by atoms with E-state index < -0.39 is 17.7 Å². The number of pyridine rings is 1. The molecule has 0 atom stereocenters. The summed E-state index contributed by atoms with van der Waals surface area (Å²) in [5, 5.41) is 0.744. The first-order chi connectivity index (χ1) is 15.7. The second-order valence-electron chi connectivity index (χ2n) is 7.83. The van der Waals surface area contributed by atoms with E-state index >= 15 is 0 Å². The minimum atomic E-state index is -4.39. The lowest BCUT2D eigenvalue weighted by molar-refractivity contribution is -0.137. The largest absolute Gasteiger partial charge is 0.465 e. The number of methoxy groups -OCH3 is 1. The minimum Gasteiger partial charge on any atom is -0.465 e. The number of halogens is 3. The van der Waals surface area contributed by atoms with Crippen molar-refractivity contribution in [3.8, 4) is 0 Å². The van der Waals surface area contributed by atoms with Crippen molar-refractivity contribution < 1.29 is 22.7 Å². The third-order valence-electron chi connectivity index (χ3n) is 5.58. The summed E-state index contributed by atoms with van der Waals surface area (Å²) in [6, 6.07) is 10.1. The molecule has 2 aromatic carbocycles. The van der Waals surface area contributed by atoms with Crippen molar-refractivity contribution in [2.75, 3.05) is 12.8 Å². The van der Waals surface area contributed by atoms with E-state index in [2.05, 4.69) is 11.9 Å². The van der Waals surface area contributed by atoms with Crippen molar-refractivity contribution in [1.82, 2.24) is 14.5 Å². The predicted molar refractivity (Wildman–Crippen MR) is 120 cm³/mol. The Morgan fingerprint density at radius 2 is 1.85 bits per heavy atom. The lowest BCUT2D eigenvalue weighted by atomic mass is 10.1. The standard InChI is InChI=1S/C24H23F3N4O2/c1-3-4-5-19-30-20-21(31(19)13-14-6-9-16(10-7-14)24(25,26)27)17-11-8-15(23(32)33-2)12-18(17)29-22(20)28/h6-12H,3-5,13H2,1-2H3,(H2,28,29). The highest BCUT2D eigenvalue weighted by Gasteiger charge is 2.30. The van der Waals surface area contributed by atoms with Crippen LogP contribution in [0.5, 0.6) is 0 Å². The summed E-state index contributed by atoms with van der Waals surface area (Å²) in [7, 11) is 1.30. The number of anilines is 1. The van der Waals surface area contributed by atoms with Crippen LogP contribution in [0.2, 0.25) is 0 Å². The molecule has 0 amide bonds. The van der Waals surface area contributed by atoms with Gasteiger partial charge in [0.15, 0.2) is 5.82 Å². The third-order valence-corrected chi connectivity index (χ3v) is 5.58. The van der Waals surface area contributed by atoms with Crippen molar-refractivity contribution >= 4 is 33.7 Å². The van der Waals surface area contributed by atoms with Gasteiger partial charge < -0.3 is 15.0 Å². The van der Waals surface area contributed by atoms with E-state index in [4.69, 9.17) is 15.5 Å². The molecule has 0 unspecified atom stereocenters. The SMILES string of the molecule is CCCCc1nc2c(N)nc3cc(C(=O)OC)ccc3c2n1Cc1ccc(C(F)(F)F)cc1. The first kappa shape index (κ1) is 22.6. The monoisotopic (exact) mass is 456 g/mol. The van der Waals surface area contributed by atoms with E-state index in [-0.39, 0.29) is 5.82 Å². The lowest BCUT2D eigenvalue weighted by Gasteiger charge is -2.13. The number of carbonyl (C=O) groups is 1. The number of nitrogens with zero attached hydrogens (tertiary/aromatic N) is 3. The Kier molecular flexibility index (Phi) is 5.97. The molecular weight excluding hydrogens is 433 g/mol. The van der Waals surface area contributed by atoms with Gasteiger partial charge in [-0.1, -0.05) is 25.5 Å². The summed E-state index contributed by atoms with van der Waals surface area (Å²) in [5.41, 5.74) is 8.36. The predicted octanol–water partition coefficient (Wildman–Crippen LogP) is 5.36. The smallest absolute Gasteiger partial charge is 0.416 e. The van der Waals surface area contributed by atoms with Gasteiger partial charge in [0.2, 0.25) is 0 Å². The molecule has 172 valence electrons. The molecule has 0 saturated carbocycles. The first-order valence-corrected chi connectivity index (χ1v) is 10.6. The number of hydrogen-bond donors (Lipinski definition) is 1. The van der Waals surface area contributed by atoms with Crippen molar-refractivity contribution in [1.29, 1.82) is 0 Å². The highest BCUT2D eigenvalue weighted by Crippen LogP contribution is 2.32. The summed E-state index contributed by atoms with van der Waals surface area (Å²) in [6.45, 7) is 2.40. The molecular formula is C24H23F3N4O2. The fraction of sp³-hybridized carbons (Fsp3) is 0.292. The highest BCUT2D eigenvalue weighted by molar-refractivity contribution is 6.08. The Morgan fingerprint density at radius 1 is 1.12 bits per heavy atom. The highest BCUT2D eigenvalue weighted by atomic mass is 19.4. The van der Waals surface area contributed by atoms with E-state index in [0.29, 0.717) is 35.1 Å². The number of fused-ring (bicyclic) bond motifs is 3. The molecule has 0 radical (unpaired) electrons. The zero-order chi connectivity index (χ0) is 23.8. The fourth-order valence-corrected chi connectivity index (χ4v) is 3.88. The molecule has 33 heavy (non-hydrogen) atoms. The van der Waals surface area contributed by atoms with Crippen LogP contribution >= 0.6 is 0 Å². The Labute approximate surface area is 188 Å². The number of nitrogen functional groups attached to an aromatic ring is 1. The van der Waals surface area contributed by atoms with E-state index in [1.54, 1.807) is 18.2 Å². The van der Waals surface area contributed by atoms with Gasteiger partial charge >= 0.3 is 12.1 Å². The summed E-state index contributed by atoms with van der Waals surface area (Å²) < 4.78 is 45.7. The van der Waals surface area contributed by atoms with Crippen LogP contribution in [-0.2, 0) is 23.9 Å². The number of carbonyl (C=O) groups excluding carboxylic acids is 1. The minimum absolute atomic E-state index is 0.225. The number of esters is 1. The van der Waals surface area contributed by atoms with Crippen LogP contribution in [0.3, 0.4) is 0 Å². The Bertz CT molecular complexity index is 1330. The van der Waals surface area contributed by atoms with Gasteiger partial charge in [-0.3, -0.25) is 0 Å². The van der Waals surface area contributed by atoms with Crippen LogP contribution in [0.25, 0.3) is 21.9 Å². The molecule has 0 bridgehead atoms. The van der Waals surface area contributed by atoms with Crippen LogP contribution in [-0.4, -0.2) is 27.6 Å². The van der Waals surface area contributed by atoms with Crippen molar-refractivity contribution in [3.05, 3.63) is 65.0 Å². The zero-order valence-electron chi connectivity index (χ0n) is 18.2. The van der Waals surface area contributed by atoms with Gasteiger partial charge in [-0.25, -0.2) is 14.8 Å². The normalized spacial score (nSPS) is 11.9. The molecule has 0 spiro atoms. The van der Waals surface area contributed by atoms with Crippen molar-refractivity contribution in [2.24, 2.45) is 0 Å². The maximum Gasteiger partial charge on any atom is 0.416 e. The summed E-state index contributed by atoms with van der Waals surface area (Å²) in [4.78, 5) is 21.1. The van der Waals surface area contributed by atoms with E-state index in [1.807, 2.05) is 4.57 Å². The van der Waals surface area contributed by atoms with E-state index in [9.17, 15) is 18.0 Å². The Morgan fingerprint density at radius 3 is 2.48 bits per heavy atom.